The van der Waals surface area contributed by atoms with Crippen molar-refractivity contribution in [2.75, 3.05) is 17.2 Å². The smallest absolute Gasteiger partial charge is 0.280 e. The van der Waals surface area contributed by atoms with Gasteiger partial charge in [0.15, 0.2) is 11.2 Å². The zero-order valence-electron chi connectivity index (χ0n) is 18.2. The fraction of sp³-hybridized carbons (Fsp3) is 0.217. The summed E-state index contributed by atoms with van der Waals surface area (Å²) in [7, 11) is 0. The number of hydrogen-bond donors (Lipinski definition) is 4. The number of aliphatic hydroxyl groups excluding tert-OH is 2. The number of carbonyl (C=O) groups is 1. The van der Waals surface area contributed by atoms with E-state index in [1.807, 2.05) is 0 Å². The second kappa shape index (κ2) is 9.12. The Morgan fingerprint density at radius 1 is 1.20 bits per heavy atom. The Labute approximate surface area is 203 Å². The summed E-state index contributed by atoms with van der Waals surface area (Å²) in [5, 5.41) is 20.4. The van der Waals surface area contributed by atoms with Crippen LogP contribution in [0.4, 0.5) is 17.6 Å². The van der Waals surface area contributed by atoms with E-state index in [-0.39, 0.29) is 29.5 Å². The molecule has 1 aliphatic rings. The molecule has 180 valence electrons. The molecule has 2 aromatic heterocycles. The number of anilines is 3. The van der Waals surface area contributed by atoms with Gasteiger partial charge in [-0.3, -0.25) is 19.1 Å². The number of amides is 1. The first-order valence-electron chi connectivity index (χ1n) is 10.7. The van der Waals surface area contributed by atoms with Crippen LogP contribution in [-0.4, -0.2) is 54.5 Å². The predicted molar refractivity (Wildman–Crippen MR) is 129 cm³/mol. The van der Waals surface area contributed by atoms with Crippen LogP contribution in [0, 0.1) is 0 Å². The van der Waals surface area contributed by atoms with Crippen molar-refractivity contribution in [3.8, 4) is 0 Å². The number of H-pyrrole nitrogens is 1. The van der Waals surface area contributed by atoms with E-state index in [4.69, 9.17) is 22.1 Å². The van der Waals surface area contributed by atoms with E-state index in [0.29, 0.717) is 16.3 Å². The summed E-state index contributed by atoms with van der Waals surface area (Å²) < 4.78 is 7.30. The number of imidazole rings is 1. The van der Waals surface area contributed by atoms with Gasteiger partial charge in [-0.1, -0.05) is 29.8 Å². The molecular formula is C23H21ClN6O5. The maximum absolute atomic E-state index is 13.8. The molecule has 1 amide bonds. The van der Waals surface area contributed by atoms with Gasteiger partial charge in [0.1, 0.15) is 12.3 Å². The van der Waals surface area contributed by atoms with E-state index in [2.05, 4.69) is 15.0 Å². The minimum atomic E-state index is -0.983. The number of nitrogens with zero attached hydrogens (tertiary/aromatic N) is 4. The highest BCUT2D eigenvalue weighted by molar-refractivity contribution is 6.30. The van der Waals surface area contributed by atoms with Gasteiger partial charge >= 0.3 is 0 Å². The van der Waals surface area contributed by atoms with Gasteiger partial charge < -0.3 is 20.7 Å². The number of nitrogens with two attached hydrogens (primary N) is 1. The van der Waals surface area contributed by atoms with E-state index in [1.165, 1.54) is 9.47 Å². The summed E-state index contributed by atoms with van der Waals surface area (Å²) in [6.07, 6.45) is -2.68. The number of aromatic amines is 1. The topological polar surface area (TPSA) is 160 Å². The maximum Gasteiger partial charge on any atom is 0.280 e. The molecule has 0 radical (unpaired) electrons. The van der Waals surface area contributed by atoms with Crippen molar-refractivity contribution in [1.82, 2.24) is 19.5 Å². The molecular weight excluding hydrogens is 476 g/mol. The third-order valence-corrected chi connectivity index (χ3v) is 5.98. The van der Waals surface area contributed by atoms with E-state index in [9.17, 15) is 19.8 Å². The van der Waals surface area contributed by atoms with Crippen LogP contribution in [0.3, 0.4) is 0 Å². The van der Waals surface area contributed by atoms with Crippen molar-refractivity contribution in [3.63, 3.8) is 0 Å². The summed E-state index contributed by atoms with van der Waals surface area (Å²) in [6, 6.07) is 15.1. The van der Waals surface area contributed by atoms with Crippen LogP contribution in [0.25, 0.3) is 11.2 Å². The average Bonchev–Trinajstić information content (AvgIpc) is 3.41. The largest absolute Gasteiger partial charge is 0.394 e. The van der Waals surface area contributed by atoms with Crippen LogP contribution >= 0.6 is 11.6 Å². The summed E-state index contributed by atoms with van der Waals surface area (Å²) >= 11 is 6.08. The number of ether oxygens (including phenoxy) is 1. The van der Waals surface area contributed by atoms with E-state index in [0.717, 1.165) is 0 Å². The molecule has 1 aliphatic heterocycles. The minimum Gasteiger partial charge on any atom is -0.394 e. The van der Waals surface area contributed by atoms with E-state index < -0.39 is 36.5 Å². The van der Waals surface area contributed by atoms with Crippen molar-refractivity contribution in [2.24, 2.45) is 0 Å². The number of halogens is 1. The fourth-order valence-corrected chi connectivity index (χ4v) is 4.20. The normalized spacial score (nSPS) is 19.8. The number of fused-ring (bicyclic) bond motifs is 1. The first kappa shape index (κ1) is 23.0. The van der Waals surface area contributed by atoms with Gasteiger partial charge in [-0.15, -0.1) is 0 Å². The van der Waals surface area contributed by atoms with Crippen molar-refractivity contribution in [2.45, 2.75) is 24.9 Å². The van der Waals surface area contributed by atoms with Crippen LogP contribution in [-0.2, 0) is 4.74 Å². The number of aliphatic hydroxyl groups is 2. The van der Waals surface area contributed by atoms with Gasteiger partial charge in [0, 0.05) is 17.0 Å². The van der Waals surface area contributed by atoms with Gasteiger partial charge in [-0.2, -0.15) is 4.98 Å². The molecule has 0 spiro atoms. The molecule has 0 aliphatic carbocycles. The molecule has 12 heteroatoms. The molecule has 3 heterocycles. The number of aromatic nitrogens is 4. The SMILES string of the molecule is Nc1nc2c(nc(N(C(=O)c3ccccc3)c3ccc(Cl)cc3)n2[C@H]2C[C@H](O)[C@@H](CO)O2)c(=O)[nH]1. The van der Waals surface area contributed by atoms with Crippen LogP contribution in [0.15, 0.2) is 59.4 Å². The molecule has 0 saturated carbocycles. The third kappa shape index (κ3) is 4.15. The maximum atomic E-state index is 13.8. The molecule has 3 atom stereocenters. The number of nitrogens with one attached hydrogen (secondary N) is 1. The fourth-order valence-electron chi connectivity index (χ4n) is 4.07. The summed E-state index contributed by atoms with van der Waals surface area (Å²) in [6.45, 7) is -0.417. The van der Waals surface area contributed by atoms with Gasteiger partial charge in [-0.05, 0) is 36.4 Å². The number of hydrogen-bond acceptors (Lipinski definition) is 8. The molecule has 4 aromatic rings. The quantitative estimate of drug-likeness (QED) is 0.326. The number of rotatable bonds is 5. The summed E-state index contributed by atoms with van der Waals surface area (Å²) in [5.74, 6) is -0.568. The Morgan fingerprint density at radius 3 is 2.57 bits per heavy atom. The zero-order valence-corrected chi connectivity index (χ0v) is 19.0. The lowest BCUT2D eigenvalue weighted by Crippen LogP contribution is -2.30. The number of nitrogen functional groups attached to an aromatic ring is 1. The van der Waals surface area contributed by atoms with Gasteiger partial charge in [0.25, 0.3) is 11.5 Å². The Morgan fingerprint density at radius 2 is 1.91 bits per heavy atom. The minimum absolute atomic E-state index is 0.0237. The lowest BCUT2D eigenvalue weighted by Gasteiger charge is -2.25. The summed E-state index contributed by atoms with van der Waals surface area (Å²) in [5.41, 5.74) is 5.98. The van der Waals surface area contributed by atoms with E-state index in [1.54, 1.807) is 54.6 Å². The lowest BCUT2D eigenvalue weighted by molar-refractivity contribution is -0.0426. The molecule has 5 N–H and O–H groups in total. The molecule has 35 heavy (non-hydrogen) atoms. The highest BCUT2D eigenvalue weighted by atomic mass is 35.5. The average molecular weight is 497 g/mol. The molecule has 1 saturated heterocycles. The molecule has 0 unspecified atom stereocenters. The van der Waals surface area contributed by atoms with Crippen molar-refractivity contribution in [3.05, 3.63) is 75.5 Å². The molecule has 5 rings (SSSR count). The van der Waals surface area contributed by atoms with Crippen molar-refractivity contribution < 1.29 is 19.7 Å². The standard InChI is InChI=1S/C23H21ClN6O5/c24-13-6-8-14(9-7-13)29(21(34)12-4-2-1-3-5-12)23-26-18-19(27-22(25)28-20(18)33)30(23)17-10-15(32)16(11-31)35-17/h1-9,15-17,31-32H,10-11H2,(H3,25,27,28,33)/t15-,16+,17+/m0/s1. The second-order valence-electron chi connectivity index (χ2n) is 8.00. The van der Waals surface area contributed by atoms with Crippen LogP contribution in [0.1, 0.15) is 23.0 Å². The monoisotopic (exact) mass is 496 g/mol. The van der Waals surface area contributed by atoms with Crippen LogP contribution in [0.2, 0.25) is 5.02 Å². The highest BCUT2D eigenvalue weighted by Gasteiger charge is 2.39. The predicted octanol–water partition coefficient (Wildman–Crippen LogP) is 1.97. The number of carbonyl (C=O) groups excluding carboxylic acids is 1. The molecule has 2 aromatic carbocycles. The van der Waals surface area contributed by atoms with Crippen molar-refractivity contribution >= 4 is 46.3 Å². The first-order chi connectivity index (χ1) is 16.9. The number of benzene rings is 2. The van der Waals surface area contributed by atoms with Gasteiger partial charge in [-0.25, -0.2) is 9.88 Å². The molecule has 1 fully saturated rings. The zero-order chi connectivity index (χ0) is 24.7. The third-order valence-electron chi connectivity index (χ3n) is 5.73. The molecule has 11 nitrogen and oxygen atoms in total. The van der Waals surface area contributed by atoms with Gasteiger partial charge in [0.05, 0.1) is 18.4 Å². The van der Waals surface area contributed by atoms with E-state index >= 15 is 0 Å². The van der Waals surface area contributed by atoms with Crippen molar-refractivity contribution in [1.29, 1.82) is 0 Å². The Bertz CT molecular complexity index is 1440. The summed E-state index contributed by atoms with van der Waals surface area (Å²) in [4.78, 5) is 38.9. The van der Waals surface area contributed by atoms with Crippen LogP contribution < -0.4 is 16.2 Å². The Kier molecular flexibility index (Phi) is 5.99. The highest BCUT2D eigenvalue weighted by Crippen LogP contribution is 2.37. The molecule has 0 bridgehead atoms. The second-order valence-corrected chi connectivity index (χ2v) is 8.44. The first-order valence-corrected chi connectivity index (χ1v) is 11.1. The Balaban J connectivity index is 1.77. The van der Waals surface area contributed by atoms with Crippen LogP contribution in [0.5, 0.6) is 0 Å². The van der Waals surface area contributed by atoms with Gasteiger partial charge in [0.2, 0.25) is 11.9 Å². The Hall–Kier alpha value is -3.77. The lowest BCUT2D eigenvalue weighted by atomic mass is 10.2.